The van der Waals surface area contributed by atoms with E-state index in [9.17, 15) is 0 Å². The van der Waals surface area contributed by atoms with Gasteiger partial charge in [-0.2, -0.15) is 0 Å². The highest BCUT2D eigenvalue weighted by Gasteiger charge is 2.17. The molecule has 2 aromatic heterocycles. The van der Waals surface area contributed by atoms with Crippen LogP contribution in [0.2, 0.25) is 0 Å². The largest absolute Gasteiger partial charge is 0.261 e. The van der Waals surface area contributed by atoms with Crippen molar-refractivity contribution in [2.45, 2.75) is 19.3 Å². The lowest BCUT2D eigenvalue weighted by Crippen LogP contribution is -2.14. The fourth-order valence-electron chi connectivity index (χ4n) is 4.46. The third-order valence-electron chi connectivity index (χ3n) is 5.82. The second-order valence-corrected chi connectivity index (χ2v) is 7.92. The van der Waals surface area contributed by atoms with E-state index in [2.05, 4.69) is 88.8 Å². The second kappa shape index (κ2) is 8.46. The van der Waals surface area contributed by atoms with Crippen molar-refractivity contribution in [1.29, 1.82) is 0 Å². The zero-order valence-electron chi connectivity index (χ0n) is 16.9. The number of rotatable bonds is 6. The van der Waals surface area contributed by atoms with Gasteiger partial charge in [-0.25, -0.2) is 0 Å². The molecule has 0 saturated carbocycles. The van der Waals surface area contributed by atoms with Gasteiger partial charge in [-0.3, -0.25) is 9.97 Å². The van der Waals surface area contributed by atoms with E-state index in [0.29, 0.717) is 5.92 Å². The Bertz CT molecular complexity index is 1170. The molecule has 2 heteroatoms. The lowest BCUT2D eigenvalue weighted by atomic mass is 9.86. The van der Waals surface area contributed by atoms with Gasteiger partial charge in [0.1, 0.15) is 0 Å². The minimum Gasteiger partial charge on any atom is -0.261 e. The molecule has 0 bridgehead atoms. The Morgan fingerprint density at radius 2 is 1.03 bits per heavy atom. The van der Waals surface area contributed by atoms with Crippen molar-refractivity contribution >= 4 is 21.5 Å². The van der Waals surface area contributed by atoms with Crippen LogP contribution in [0.5, 0.6) is 0 Å². The van der Waals surface area contributed by atoms with Crippen molar-refractivity contribution in [3.05, 3.63) is 120 Å². The van der Waals surface area contributed by atoms with Crippen molar-refractivity contribution in [2.75, 3.05) is 0 Å². The number of aromatic nitrogens is 2. The Balaban J connectivity index is 1.58. The molecule has 30 heavy (non-hydrogen) atoms. The predicted octanol–water partition coefficient (Wildman–Crippen LogP) is 6.43. The molecule has 3 aromatic carbocycles. The lowest BCUT2D eigenvalue weighted by Gasteiger charge is -2.19. The first-order valence-electron chi connectivity index (χ1n) is 10.6. The van der Waals surface area contributed by atoms with Crippen LogP contribution in [-0.4, -0.2) is 9.97 Å². The molecule has 0 N–H and O–H groups in total. The minimum absolute atomic E-state index is 0.420. The van der Waals surface area contributed by atoms with Crippen molar-refractivity contribution in [3.8, 4) is 0 Å². The van der Waals surface area contributed by atoms with Crippen LogP contribution < -0.4 is 0 Å². The second-order valence-electron chi connectivity index (χ2n) is 7.92. The summed E-state index contributed by atoms with van der Waals surface area (Å²) in [4.78, 5) is 9.21. The molecule has 2 nitrogen and oxygen atoms in total. The summed E-state index contributed by atoms with van der Waals surface area (Å²) in [5.74, 6) is 0.420. The zero-order chi connectivity index (χ0) is 20.2. The number of fused-ring (bicyclic) bond motifs is 2. The average molecular weight is 389 g/mol. The van der Waals surface area contributed by atoms with Crippen LogP contribution in [0.3, 0.4) is 0 Å². The van der Waals surface area contributed by atoms with E-state index in [1.165, 1.54) is 27.1 Å². The quantitative estimate of drug-likeness (QED) is 0.313. The Hall–Kier alpha value is -3.52. The van der Waals surface area contributed by atoms with Crippen molar-refractivity contribution < 1.29 is 0 Å². The molecular weight excluding hydrogens is 364 g/mol. The molecule has 0 aliphatic heterocycles. The Kier molecular flexibility index (Phi) is 5.22. The van der Waals surface area contributed by atoms with Crippen molar-refractivity contribution in [3.63, 3.8) is 0 Å². The molecule has 5 rings (SSSR count). The molecule has 2 heterocycles. The van der Waals surface area contributed by atoms with Crippen molar-refractivity contribution in [2.24, 2.45) is 5.92 Å². The lowest BCUT2D eigenvalue weighted by molar-refractivity contribution is 0.509. The molecule has 0 fully saturated rings. The van der Waals surface area contributed by atoms with E-state index in [-0.39, 0.29) is 0 Å². The normalized spacial score (nSPS) is 11.4. The molecule has 0 amide bonds. The fourth-order valence-corrected chi connectivity index (χ4v) is 4.46. The highest BCUT2D eigenvalue weighted by molar-refractivity contribution is 6.02. The van der Waals surface area contributed by atoms with Gasteiger partial charge in [0.05, 0.1) is 0 Å². The topological polar surface area (TPSA) is 25.8 Å². The highest BCUT2D eigenvalue weighted by atomic mass is 14.7. The van der Waals surface area contributed by atoms with E-state index in [0.717, 1.165) is 30.7 Å². The van der Waals surface area contributed by atoms with Gasteiger partial charge in [-0.1, -0.05) is 60.7 Å². The molecule has 0 unspecified atom stereocenters. The number of benzene rings is 3. The van der Waals surface area contributed by atoms with Crippen LogP contribution in [0.1, 0.15) is 17.0 Å². The van der Waals surface area contributed by atoms with E-state index < -0.39 is 0 Å². The van der Waals surface area contributed by atoms with E-state index in [1.807, 2.05) is 24.5 Å². The predicted molar refractivity (Wildman–Crippen MR) is 125 cm³/mol. The SMILES string of the molecule is c1ccc(CC(Cc2ccccn2)Cc2c3ccccc3cc3ccccc23)nc1. The van der Waals surface area contributed by atoms with Gasteiger partial charge < -0.3 is 0 Å². The third kappa shape index (κ3) is 3.95. The fraction of sp³-hybridized carbons (Fsp3) is 0.143. The molecule has 5 aromatic rings. The minimum atomic E-state index is 0.420. The molecule has 0 radical (unpaired) electrons. The Labute approximate surface area is 177 Å². The number of nitrogens with zero attached hydrogens (tertiary/aromatic N) is 2. The Morgan fingerprint density at radius 3 is 1.53 bits per heavy atom. The summed E-state index contributed by atoms with van der Waals surface area (Å²) >= 11 is 0. The first-order valence-corrected chi connectivity index (χ1v) is 10.6. The van der Waals surface area contributed by atoms with Gasteiger partial charge in [0, 0.05) is 23.8 Å². The van der Waals surface area contributed by atoms with Gasteiger partial charge >= 0.3 is 0 Å². The summed E-state index contributed by atoms with van der Waals surface area (Å²) in [7, 11) is 0. The molecular formula is C28H24N2. The standard InChI is InChI=1S/C28H24N2/c1-3-13-26-22(9-1)20-23-10-2-4-14-27(23)28(26)19-21(17-24-11-5-7-15-29-24)18-25-12-6-8-16-30-25/h1-16,20-21H,17-19H2. The van der Waals surface area contributed by atoms with Crippen LogP contribution in [-0.2, 0) is 19.3 Å². The summed E-state index contributed by atoms with van der Waals surface area (Å²) in [6.07, 6.45) is 6.65. The Morgan fingerprint density at radius 1 is 0.533 bits per heavy atom. The van der Waals surface area contributed by atoms with Gasteiger partial charge in [0.15, 0.2) is 0 Å². The summed E-state index contributed by atoms with van der Waals surface area (Å²) < 4.78 is 0. The molecule has 0 aliphatic rings. The number of hydrogen-bond donors (Lipinski definition) is 0. The maximum Gasteiger partial charge on any atom is 0.0406 e. The van der Waals surface area contributed by atoms with E-state index in [4.69, 9.17) is 0 Å². The summed E-state index contributed by atoms with van der Waals surface area (Å²) in [6, 6.07) is 32.2. The van der Waals surface area contributed by atoms with Crippen molar-refractivity contribution in [1.82, 2.24) is 9.97 Å². The average Bonchev–Trinajstić information content (AvgIpc) is 2.80. The number of hydrogen-bond acceptors (Lipinski definition) is 2. The van der Waals surface area contributed by atoms with E-state index >= 15 is 0 Å². The van der Waals surface area contributed by atoms with Crippen LogP contribution in [0.25, 0.3) is 21.5 Å². The van der Waals surface area contributed by atoms with Gasteiger partial charge in [0.2, 0.25) is 0 Å². The maximum absolute atomic E-state index is 4.61. The van der Waals surface area contributed by atoms with Crippen LogP contribution in [0.4, 0.5) is 0 Å². The van der Waals surface area contributed by atoms with Crippen LogP contribution in [0, 0.1) is 5.92 Å². The first-order chi connectivity index (χ1) is 14.9. The zero-order valence-corrected chi connectivity index (χ0v) is 16.9. The highest BCUT2D eigenvalue weighted by Crippen LogP contribution is 2.31. The molecule has 0 aliphatic carbocycles. The van der Waals surface area contributed by atoms with Gasteiger partial charge in [0.25, 0.3) is 0 Å². The maximum atomic E-state index is 4.61. The summed E-state index contributed by atoms with van der Waals surface area (Å²) in [6.45, 7) is 0. The van der Waals surface area contributed by atoms with Gasteiger partial charge in [-0.15, -0.1) is 0 Å². The van der Waals surface area contributed by atoms with Gasteiger partial charge in [-0.05, 0) is 82.6 Å². The molecule has 0 atom stereocenters. The van der Waals surface area contributed by atoms with Crippen LogP contribution in [0.15, 0.2) is 103 Å². The summed E-state index contributed by atoms with van der Waals surface area (Å²) in [5, 5.41) is 5.31. The smallest absolute Gasteiger partial charge is 0.0406 e. The number of pyridine rings is 2. The first kappa shape index (κ1) is 18.5. The molecule has 0 saturated heterocycles. The van der Waals surface area contributed by atoms with Crippen LogP contribution >= 0.6 is 0 Å². The van der Waals surface area contributed by atoms with E-state index in [1.54, 1.807) is 0 Å². The molecule has 146 valence electrons. The molecule has 0 spiro atoms. The third-order valence-corrected chi connectivity index (χ3v) is 5.82. The summed E-state index contributed by atoms with van der Waals surface area (Å²) in [5.41, 5.74) is 3.71. The monoisotopic (exact) mass is 388 g/mol.